The predicted octanol–water partition coefficient (Wildman–Crippen LogP) is 0.590. The molecular formula is C10H15N3O2. The van der Waals surface area contributed by atoms with E-state index in [1.807, 2.05) is 0 Å². The highest BCUT2D eigenvalue weighted by Crippen LogP contribution is 2.19. The second kappa shape index (κ2) is 5.19. The van der Waals surface area contributed by atoms with E-state index in [-0.39, 0.29) is 12.5 Å². The number of amides is 1. The van der Waals surface area contributed by atoms with Gasteiger partial charge in [0.15, 0.2) is 11.6 Å². The van der Waals surface area contributed by atoms with Gasteiger partial charge in [-0.05, 0) is 12.1 Å². The molecular weight excluding hydrogens is 194 g/mol. The number of anilines is 1. The van der Waals surface area contributed by atoms with Crippen molar-refractivity contribution in [3.63, 3.8) is 0 Å². The molecule has 0 spiro atoms. The quantitative estimate of drug-likeness (QED) is 0.788. The van der Waals surface area contributed by atoms with E-state index < -0.39 is 0 Å². The zero-order valence-corrected chi connectivity index (χ0v) is 9.15. The topological polar surface area (TPSA) is 54.5 Å². The van der Waals surface area contributed by atoms with Crippen LogP contribution in [0.25, 0.3) is 0 Å². The molecule has 5 nitrogen and oxygen atoms in total. The molecule has 15 heavy (non-hydrogen) atoms. The first-order valence-electron chi connectivity index (χ1n) is 4.58. The van der Waals surface area contributed by atoms with Gasteiger partial charge in [-0.15, -0.1) is 0 Å². The van der Waals surface area contributed by atoms with Crippen LogP contribution in [0.5, 0.6) is 5.75 Å². The third-order valence-electron chi connectivity index (χ3n) is 1.90. The van der Waals surface area contributed by atoms with Crippen molar-refractivity contribution in [2.24, 2.45) is 0 Å². The predicted molar refractivity (Wildman–Crippen MR) is 58.0 cm³/mol. The summed E-state index contributed by atoms with van der Waals surface area (Å²) in [6, 6.07) is 3.56. The van der Waals surface area contributed by atoms with E-state index in [1.54, 1.807) is 39.5 Å². The number of likely N-dealkylation sites (N-methyl/N-ethyl adjacent to an activating group) is 1. The van der Waals surface area contributed by atoms with Gasteiger partial charge in [-0.3, -0.25) is 4.79 Å². The Hall–Kier alpha value is -1.78. The molecule has 0 unspecified atom stereocenters. The van der Waals surface area contributed by atoms with Crippen molar-refractivity contribution in [2.45, 2.75) is 0 Å². The van der Waals surface area contributed by atoms with E-state index in [4.69, 9.17) is 4.74 Å². The molecule has 1 amide bonds. The van der Waals surface area contributed by atoms with Crippen LogP contribution in [0.4, 0.5) is 5.82 Å². The smallest absolute Gasteiger partial charge is 0.241 e. The molecule has 0 aliphatic carbocycles. The van der Waals surface area contributed by atoms with Gasteiger partial charge in [0.05, 0.1) is 13.7 Å². The summed E-state index contributed by atoms with van der Waals surface area (Å²) in [5.74, 6) is 1.20. The second-order valence-corrected chi connectivity index (χ2v) is 3.20. The summed E-state index contributed by atoms with van der Waals surface area (Å²) in [4.78, 5) is 16.9. The monoisotopic (exact) mass is 209 g/mol. The fraction of sp³-hybridized carbons (Fsp3) is 0.400. The van der Waals surface area contributed by atoms with Gasteiger partial charge in [-0.1, -0.05) is 0 Å². The lowest BCUT2D eigenvalue weighted by atomic mass is 10.4. The molecule has 0 aliphatic rings. The van der Waals surface area contributed by atoms with Gasteiger partial charge in [-0.25, -0.2) is 4.98 Å². The van der Waals surface area contributed by atoms with Crippen molar-refractivity contribution < 1.29 is 9.53 Å². The lowest BCUT2D eigenvalue weighted by Gasteiger charge is -2.12. The maximum Gasteiger partial charge on any atom is 0.241 e. The van der Waals surface area contributed by atoms with Crippen LogP contribution in [0, 0.1) is 0 Å². The van der Waals surface area contributed by atoms with E-state index in [0.29, 0.717) is 11.6 Å². The van der Waals surface area contributed by atoms with Crippen molar-refractivity contribution in [1.82, 2.24) is 9.88 Å². The van der Waals surface area contributed by atoms with Crippen molar-refractivity contribution in [2.75, 3.05) is 33.1 Å². The summed E-state index contributed by atoms with van der Waals surface area (Å²) >= 11 is 0. The number of hydrogen-bond donors (Lipinski definition) is 1. The number of rotatable bonds is 4. The Labute approximate surface area is 89.1 Å². The number of aromatic nitrogens is 1. The number of carbonyl (C=O) groups is 1. The third kappa shape index (κ3) is 3.12. The summed E-state index contributed by atoms with van der Waals surface area (Å²) < 4.78 is 5.09. The zero-order chi connectivity index (χ0) is 11.3. The van der Waals surface area contributed by atoms with E-state index in [9.17, 15) is 4.79 Å². The molecule has 1 aromatic rings. The number of nitrogens with zero attached hydrogens (tertiary/aromatic N) is 2. The van der Waals surface area contributed by atoms with Crippen molar-refractivity contribution >= 4 is 11.7 Å². The number of carbonyl (C=O) groups excluding carboxylic acids is 1. The molecule has 0 saturated carbocycles. The van der Waals surface area contributed by atoms with Gasteiger partial charge in [-0.2, -0.15) is 0 Å². The molecule has 1 aromatic heterocycles. The number of pyridine rings is 1. The highest BCUT2D eigenvalue weighted by molar-refractivity contribution is 5.80. The molecule has 82 valence electrons. The van der Waals surface area contributed by atoms with Gasteiger partial charge < -0.3 is 15.0 Å². The van der Waals surface area contributed by atoms with Crippen LogP contribution in [-0.4, -0.2) is 43.5 Å². The maximum atomic E-state index is 11.3. The van der Waals surface area contributed by atoms with Crippen LogP contribution < -0.4 is 10.1 Å². The normalized spacial score (nSPS) is 9.53. The Balaban J connectivity index is 2.61. The lowest BCUT2D eigenvalue weighted by Crippen LogP contribution is -2.28. The highest BCUT2D eigenvalue weighted by Gasteiger charge is 2.06. The Kier molecular flexibility index (Phi) is 3.91. The first-order valence-corrected chi connectivity index (χ1v) is 4.58. The minimum absolute atomic E-state index is 0.0114. The van der Waals surface area contributed by atoms with Crippen molar-refractivity contribution in [1.29, 1.82) is 0 Å². The second-order valence-electron chi connectivity index (χ2n) is 3.20. The van der Waals surface area contributed by atoms with E-state index in [2.05, 4.69) is 10.3 Å². The van der Waals surface area contributed by atoms with Crippen LogP contribution in [0.2, 0.25) is 0 Å². The minimum atomic E-state index is -0.0114. The number of nitrogens with one attached hydrogen (secondary N) is 1. The summed E-state index contributed by atoms with van der Waals surface area (Å²) in [5, 5.41) is 2.92. The summed E-state index contributed by atoms with van der Waals surface area (Å²) in [5.41, 5.74) is 0. The molecule has 0 aromatic carbocycles. The fourth-order valence-corrected chi connectivity index (χ4v) is 1.01. The summed E-state index contributed by atoms with van der Waals surface area (Å²) in [6.07, 6.45) is 1.64. The minimum Gasteiger partial charge on any atom is -0.493 e. The summed E-state index contributed by atoms with van der Waals surface area (Å²) in [6.45, 7) is 0.209. The highest BCUT2D eigenvalue weighted by atomic mass is 16.5. The van der Waals surface area contributed by atoms with E-state index in [1.165, 1.54) is 4.90 Å². The molecule has 0 aliphatic heterocycles. The van der Waals surface area contributed by atoms with Gasteiger partial charge in [0.2, 0.25) is 5.91 Å². The fourth-order valence-electron chi connectivity index (χ4n) is 1.01. The van der Waals surface area contributed by atoms with Gasteiger partial charge in [0.25, 0.3) is 0 Å². The Morgan fingerprint density at radius 3 is 2.93 bits per heavy atom. The largest absolute Gasteiger partial charge is 0.493 e. The molecule has 1 rings (SSSR count). The first kappa shape index (κ1) is 11.3. The van der Waals surface area contributed by atoms with E-state index >= 15 is 0 Å². The Bertz CT molecular complexity index is 339. The molecule has 5 heteroatoms. The Morgan fingerprint density at radius 1 is 1.60 bits per heavy atom. The third-order valence-corrected chi connectivity index (χ3v) is 1.90. The van der Waals surface area contributed by atoms with Crippen LogP contribution in [0.3, 0.4) is 0 Å². The standard InChI is InChI=1S/C10H15N3O2/c1-13(2)9(14)7-12-10-8(15-3)5-4-6-11-10/h4-6H,7H2,1-3H3,(H,11,12). The van der Waals surface area contributed by atoms with Crippen LogP contribution in [-0.2, 0) is 4.79 Å². The van der Waals surface area contributed by atoms with Crippen molar-refractivity contribution in [3.8, 4) is 5.75 Å². The average molecular weight is 209 g/mol. The van der Waals surface area contributed by atoms with Crippen LogP contribution >= 0.6 is 0 Å². The zero-order valence-electron chi connectivity index (χ0n) is 9.15. The number of methoxy groups -OCH3 is 1. The first-order chi connectivity index (χ1) is 7.15. The summed E-state index contributed by atoms with van der Waals surface area (Å²) in [7, 11) is 4.98. The molecule has 0 bridgehead atoms. The molecule has 0 radical (unpaired) electrons. The van der Waals surface area contributed by atoms with Crippen LogP contribution in [0.15, 0.2) is 18.3 Å². The van der Waals surface area contributed by atoms with Gasteiger partial charge in [0, 0.05) is 20.3 Å². The molecule has 0 atom stereocenters. The van der Waals surface area contributed by atoms with E-state index in [0.717, 1.165) is 0 Å². The van der Waals surface area contributed by atoms with Gasteiger partial charge >= 0.3 is 0 Å². The van der Waals surface area contributed by atoms with Crippen LogP contribution in [0.1, 0.15) is 0 Å². The lowest BCUT2D eigenvalue weighted by molar-refractivity contribution is -0.126. The maximum absolute atomic E-state index is 11.3. The number of hydrogen-bond acceptors (Lipinski definition) is 4. The molecule has 1 N–H and O–H groups in total. The molecule has 0 fully saturated rings. The number of ether oxygens (including phenoxy) is 1. The molecule has 1 heterocycles. The van der Waals surface area contributed by atoms with Gasteiger partial charge in [0.1, 0.15) is 0 Å². The SMILES string of the molecule is COc1cccnc1NCC(=O)N(C)C. The van der Waals surface area contributed by atoms with Crippen molar-refractivity contribution in [3.05, 3.63) is 18.3 Å². The average Bonchev–Trinajstić information content (AvgIpc) is 2.26. The molecule has 0 saturated heterocycles. The Morgan fingerprint density at radius 2 is 2.33 bits per heavy atom.